The summed E-state index contributed by atoms with van der Waals surface area (Å²) in [6.45, 7) is 2.70. The van der Waals surface area contributed by atoms with Crippen LogP contribution in [0, 0.1) is 12.8 Å². The average molecular weight is 277 g/mol. The predicted molar refractivity (Wildman–Crippen MR) is 80.5 cm³/mol. The number of imidazole rings is 1. The van der Waals surface area contributed by atoms with E-state index in [4.69, 9.17) is 0 Å². The first kappa shape index (κ1) is 15.1. The van der Waals surface area contributed by atoms with Crippen LogP contribution in [0.25, 0.3) is 0 Å². The lowest BCUT2D eigenvalue weighted by molar-refractivity contribution is -0.121. The van der Waals surface area contributed by atoms with E-state index < -0.39 is 0 Å². The number of hydrogen-bond donors (Lipinski definition) is 2. The van der Waals surface area contributed by atoms with E-state index in [-0.39, 0.29) is 5.91 Å². The van der Waals surface area contributed by atoms with Gasteiger partial charge >= 0.3 is 0 Å². The van der Waals surface area contributed by atoms with E-state index in [2.05, 4.69) is 15.3 Å². The first-order valence-electron chi connectivity index (χ1n) is 8.01. The van der Waals surface area contributed by atoms with Crippen LogP contribution in [-0.4, -0.2) is 22.4 Å². The average Bonchev–Trinajstić information content (AvgIpc) is 2.86. The zero-order valence-electron chi connectivity index (χ0n) is 12.6. The number of carbonyl (C=O) groups excluding carboxylic acids is 1. The minimum atomic E-state index is 0.189. The van der Waals surface area contributed by atoms with Crippen molar-refractivity contribution >= 4 is 5.91 Å². The van der Waals surface area contributed by atoms with Crippen molar-refractivity contribution in [3.63, 3.8) is 0 Å². The third kappa shape index (κ3) is 4.99. The molecule has 20 heavy (non-hydrogen) atoms. The summed E-state index contributed by atoms with van der Waals surface area (Å²) in [6.07, 6.45) is 12.4. The Morgan fingerprint density at radius 1 is 1.40 bits per heavy atom. The van der Waals surface area contributed by atoms with Crippen LogP contribution in [0.4, 0.5) is 0 Å². The molecule has 0 bridgehead atoms. The van der Waals surface area contributed by atoms with Crippen molar-refractivity contribution in [1.29, 1.82) is 0 Å². The Morgan fingerprint density at radius 2 is 2.20 bits per heavy atom. The zero-order valence-corrected chi connectivity index (χ0v) is 12.6. The van der Waals surface area contributed by atoms with Gasteiger partial charge in [-0.3, -0.25) is 4.79 Å². The van der Waals surface area contributed by atoms with E-state index >= 15 is 0 Å². The lowest BCUT2D eigenvalue weighted by atomic mass is 9.86. The number of rotatable bonds is 7. The maximum absolute atomic E-state index is 11.8. The van der Waals surface area contributed by atoms with E-state index in [0.29, 0.717) is 13.0 Å². The van der Waals surface area contributed by atoms with Crippen LogP contribution < -0.4 is 5.32 Å². The number of amides is 1. The van der Waals surface area contributed by atoms with Crippen LogP contribution in [-0.2, 0) is 11.2 Å². The molecule has 1 saturated carbocycles. The molecule has 112 valence electrons. The summed E-state index contributed by atoms with van der Waals surface area (Å²) in [5.41, 5.74) is 2.14. The summed E-state index contributed by atoms with van der Waals surface area (Å²) >= 11 is 0. The number of nitrogens with one attached hydrogen (secondary N) is 2. The normalized spacial score (nSPS) is 16.2. The zero-order chi connectivity index (χ0) is 14.2. The summed E-state index contributed by atoms with van der Waals surface area (Å²) < 4.78 is 0. The van der Waals surface area contributed by atoms with Gasteiger partial charge in [0.25, 0.3) is 0 Å². The molecule has 0 atom stereocenters. The number of aromatic nitrogens is 2. The molecule has 1 aliphatic rings. The fraction of sp³-hybridized carbons (Fsp3) is 0.750. The molecular formula is C16H27N3O. The molecule has 2 N–H and O–H groups in total. The van der Waals surface area contributed by atoms with Gasteiger partial charge in [0.2, 0.25) is 5.91 Å². The Labute approximate surface area is 121 Å². The third-order valence-electron chi connectivity index (χ3n) is 4.36. The first-order chi connectivity index (χ1) is 9.75. The molecule has 1 aliphatic carbocycles. The molecule has 1 fully saturated rings. The van der Waals surface area contributed by atoms with Crippen LogP contribution in [0.1, 0.15) is 62.8 Å². The Morgan fingerprint density at radius 3 is 2.90 bits per heavy atom. The van der Waals surface area contributed by atoms with Crippen LogP contribution >= 0.6 is 0 Å². The Hall–Kier alpha value is -1.32. The summed E-state index contributed by atoms with van der Waals surface area (Å²) in [5.74, 6) is 1.07. The SMILES string of the molecule is Cc1[nH]cnc1CCNC(=O)CCCC1CCCCC1. The lowest BCUT2D eigenvalue weighted by Gasteiger charge is -2.21. The van der Waals surface area contributed by atoms with Crippen molar-refractivity contribution in [3.05, 3.63) is 17.7 Å². The molecule has 1 amide bonds. The number of carbonyl (C=O) groups is 1. The van der Waals surface area contributed by atoms with Gasteiger partial charge in [-0.25, -0.2) is 4.98 Å². The lowest BCUT2D eigenvalue weighted by Crippen LogP contribution is -2.25. The molecule has 0 aliphatic heterocycles. The van der Waals surface area contributed by atoms with Crippen LogP contribution in [0.2, 0.25) is 0 Å². The van der Waals surface area contributed by atoms with Crippen molar-refractivity contribution in [2.75, 3.05) is 6.54 Å². The highest BCUT2D eigenvalue weighted by atomic mass is 16.1. The second kappa shape index (κ2) is 8.08. The molecule has 4 heteroatoms. The van der Waals surface area contributed by atoms with Gasteiger partial charge in [0, 0.05) is 25.1 Å². The highest BCUT2D eigenvalue weighted by Crippen LogP contribution is 2.27. The molecule has 2 rings (SSSR count). The van der Waals surface area contributed by atoms with Gasteiger partial charge in [0.05, 0.1) is 12.0 Å². The van der Waals surface area contributed by atoms with Crippen molar-refractivity contribution < 1.29 is 4.79 Å². The summed E-state index contributed by atoms with van der Waals surface area (Å²) in [5, 5.41) is 2.99. The number of aryl methyl sites for hydroxylation is 1. The Bertz CT molecular complexity index is 408. The number of H-pyrrole nitrogens is 1. The molecule has 1 heterocycles. The molecule has 0 spiro atoms. The van der Waals surface area contributed by atoms with Gasteiger partial charge in [-0.2, -0.15) is 0 Å². The minimum Gasteiger partial charge on any atom is -0.356 e. The third-order valence-corrected chi connectivity index (χ3v) is 4.36. The molecule has 1 aromatic rings. The van der Waals surface area contributed by atoms with Gasteiger partial charge < -0.3 is 10.3 Å². The summed E-state index contributed by atoms with van der Waals surface area (Å²) in [7, 11) is 0. The van der Waals surface area contributed by atoms with E-state index in [1.807, 2.05) is 6.92 Å². The number of hydrogen-bond acceptors (Lipinski definition) is 2. The molecule has 0 unspecified atom stereocenters. The predicted octanol–water partition coefficient (Wildman–Crippen LogP) is 3.13. The van der Waals surface area contributed by atoms with E-state index in [0.717, 1.165) is 30.1 Å². The summed E-state index contributed by atoms with van der Waals surface area (Å²) in [4.78, 5) is 19.0. The van der Waals surface area contributed by atoms with E-state index in [9.17, 15) is 4.79 Å². The molecular weight excluding hydrogens is 250 g/mol. The standard InChI is InChI=1S/C16H27N3O/c1-13-15(19-12-18-13)10-11-17-16(20)9-5-8-14-6-3-2-4-7-14/h12,14H,2-11H2,1H3,(H,17,20)(H,18,19). The van der Waals surface area contributed by atoms with Gasteiger partial charge in [-0.15, -0.1) is 0 Å². The fourth-order valence-electron chi connectivity index (χ4n) is 3.08. The molecule has 0 radical (unpaired) electrons. The quantitative estimate of drug-likeness (QED) is 0.804. The van der Waals surface area contributed by atoms with Crippen molar-refractivity contribution in [1.82, 2.24) is 15.3 Å². The van der Waals surface area contributed by atoms with Gasteiger partial charge in [-0.1, -0.05) is 32.1 Å². The van der Waals surface area contributed by atoms with Crippen molar-refractivity contribution in [3.8, 4) is 0 Å². The van der Waals surface area contributed by atoms with Crippen molar-refractivity contribution in [2.24, 2.45) is 5.92 Å². The minimum absolute atomic E-state index is 0.189. The van der Waals surface area contributed by atoms with Crippen molar-refractivity contribution in [2.45, 2.75) is 64.7 Å². The number of aromatic amines is 1. The smallest absolute Gasteiger partial charge is 0.220 e. The fourth-order valence-corrected chi connectivity index (χ4v) is 3.08. The second-order valence-corrected chi connectivity index (χ2v) is 5.97. The largest absolute Gasteiger partial charge is 0.356 e. The monoisotopic (exact) mass is 277 g/mol. The van der Waals surface area contributed by atoms with Gasteiger partial charge in [0.1, 0.15) is 0 Å². The second-order valence-electron chi connectivity index (χ2n) is 5.97. The maximum Gasteiger partial charge on any atom is 0.220 e. The molecule has 1 aromatic heterocycles. The van der Waals surface area contributed by atoms with Gasteiger partial charge in [0.15, 0.2) is 0 Å². The van der Waals surface area contributed by atoms with Gasteiger partial charge in [-0.05, 0) is 25.7 Å². The Balaban J connectivity index is 1.53. The van der Waals surface area contributed by atoms with Crippen LogP contribution in [0.15, 0.2) is 6.33 Å². The van der Waals surface area contributed by atoms with E-state index in [1.165, 1.54) is 38.5 Å². The summed E-state index contributed by atoms with van der Waals surface area (Å²) in [6, 6.07) is 0. The van der Waals surface area contributed by atoms with Crippen LogP contribution in [0.3, 0.4) is 0 Å². The topological polar surface area (TPSA) is 57.8 Å². The molecule has 0 saturated heterocycles. The first-order valence-corrected chi connectivity index (χ1v) is 8.01. The maximum atomic E-state index is 11.8. The number of nitrogens with zero attached hydrogens (tertiary/aromatic N) is 1. The molecule has 0 aromatic carbocycles. The Kier molecular flexibility index (Phi) is 6.09. The highest BCUT2D eigenvalue weighted by Gasteiger charge is 2.13. The molecule has 4 nitrogen and oxygen atoms in total. The highest BCUT2D eigenvalue weighted by molar-refractivity contribution is 5.75. The van der Waals surface area contributed by atoms with E-state index in [1.54, 1.807) is 6.33 Å². The van der Waals surface area contributed by atoms with Crippen LogP contribution in [0.5, 0.6) is 0 Å².